The summed E-state index contributed by atoms with van der Waals surface area (Å²) >= 11 is 0. The predicted molar refractivity (Wildman–Crippen MR) is 72.3 cm³/mol. The third-order valence-corrected chi connectivity index (χ3v) is 2.76. The first kappa shape index (κ1) is 13.8. The standard InChI is InChI=1S/C14H15N3O3/c1-10(18)15-7-13-12(14(19)20)9-17(16-13)8-11-5-3-2-4-6-11/h2-6,9H,7-8H2,1H3,(H,15,18)(H,19,20). The average molecular weight is 273 g/mol. The van der Waals surface area contributed by atoms with Gasteiger partial charge in [-0.25, -0.2) is 4.79 Å². The number of carboxylic acid groups (broad SMARTS) is 1. The van der Waals surface area contributed by atoms with Crippen LogP contribution in [0.15, 0.2) is 36.5 Å². The highest BCUT2D eigenvalue weighted by atomic mass is 16.4. The Morgan fingerprint density at radius 2 is 2.00 bits per heavy atom. The normalized spacial score (nSPS) is 10.2. The number of carboxylic acids is 1. The number of carbonyl (C=O) groups excluding carboxylic acids is 1. The molecular weight excluding hydrogens is 258 g/mol. The molecule has 0 radical (unpaired) electrons. The summed E-state index contributed by atoms with van der Waals surface area (Å²) in [6.07, 6.45) is 1.48. The van der Waals surface area contributed by atoms with E-state index >= 15 is 0 Å². The molecule has 2 N–H and O–H groups in total. The maximum Gasteiger partial charge on any atom is 0.339 e. The number of hydrogen-bond acceptors (Lipinski definition) is 3. The summed E-state index contributed by atoms with van der Waals surface area (Å²) in [6.45, 7) is 1.97. The number of nitrogens with one attached hydrogen (secondary N) is 1. The highest BCUT2D eigenvalue weighted by Gasteiger charge is 2.15. The number of nitrogens with zero attached hydrogens (tertiary/aromatic N) is 2. The summed E-state index contributed by atoms with van der Waals surface area (Å²) in [6, 6.07) is 9.62. The van der Waals surface area contributed by atoms with Crippen LogP contribution in [0, 0.1) is 0 Å². The first-order chi connectivity index (χ1) is 9.56. The highest BCUT2D eigenvalue weighted by Crippen LogP contribution is 2.09. The van der Waals surface area contributed by atoms with E-state index in [0.29, 0.717) is 12.2 Å². The Hall–Kier alpha value is -2.63. The Balaban J connectivity index is 2.20. The Labute approximate surface area is 116 Å². The minimum atomic E-state index is -1.05. The van der Waals surface area contributed by atoms with E-state index < -0.39 is 5.97 Å². The van der Waals surface area contributed by atoms with Crippen molar-refractivity contribution in [1.29, 1.82) is 0 Å². The second-order valence-electron chi connectivity index (χ2n) is 4.39. The Morgan fingerprint density at radius 1 is 1.30 bits per heavy atom. The molecule has 104 valence electrons. The van der Waals surface area contributed by atoms with Gasteiger partial charge in [-0.3, -0.25) is 9.48 Å². The molecule has 0 aliphatic heterocycles. The summed E-state index contributed by atoms with van der Waals surface area (Å²) in [5.41, 5.74) is 1.48. The van der Waals surface area contributed by atoms with Gasteiger partial charge in [0.15, 0.2) is 0 Å². The zero-order chi connectivity index (χ0) is 14.5. The van der Waals surface area contributed by atoms with E-state index in [-0.39, 0.29) is 18.0 Å². The van der Waals surface area contributed by atoms with Gasteiger partial charge in [-0.05, 0) is 5.56 Å². The molecule has 2 rings (SSSR count). The number of aromatic nitrogens is 2. The molecule has 0 spiro atoms. The molecule has 0 bridgehead atoms. The average Bonchev–Trinajstić information content (AvgIpc) is 2.81. The zero-order valence-electron chi connectivity index (χ0n) is 11.0. The fraction of sp³-hybridized carbons (Fsp3) is 0.214. The third kappa shape index (κ3) is 3.44. The summed E-state index contributed by atoms with van der Waals surface area (Å²) < 4.78 is 1.57. The molecule has 20 heavy (non-hydrogen) atoms. The van der Waals surface area contributed by atoms with Gasteiger partial charge in [0.2, 0.25) is 5.91 Å². The first-order valence-corrected chi connectivity index (χ1v) is 6.14. The van der Waals surface area contributed by atoms with Gasteiger partial charge >= 0.3 is 5.97 Å². The van der Waals surface area contributed by atoms with Crippen molar-refractivity contribution in [1.82, 2.24) is 15.1 Å². The molecule has 1 aromatic heterocycles. The fourth-order valence-corrected chi connectivity index (χ4v) is 1.83. The first-order valence-electron chi connectivity index (χ1n) is 6.14. The van der Waals surface area contributed by atoms with Crippen molar-refractivity contribution in [2.45, 2.75) is 20.0 Å². The second-order valence-corrected chi connectivity index (χ2v) is 4.39. The summed E-state index contributed by atoms with van der Waals surface area (Å²) in [5.74, 6) is -1.27. The molecule has 0 fully saturated rings. The molecule has 1 amide bonds. The van der Waals surface area contributed by atoms with Crippen LogP contribution in [-0.2, 0) is 17.9 Å². The van der Waals surface area contributed by atoms with Crippen molar-refractivity contribution >= 4 is 11.9 Å². The van der Waals surface area contributed by atoms with Gasteiger partial charge in [-0.15, -0.1) is 0 Å². The van der Waals surface area contributed by atoms with E-state index in [4.69, 9.17) is 5.11 Å². The van der Waals surface area contributed by atoms with Crippen molar-refractivity contribution in [2.75, 3.05) is 0 Å². The van der Waals surface area contributed by atoms with Crippen LogP contribution in [0.5, 0.6) is 0 Å². The van der Waals surface area contributed by atoms with E-state index in [1.807, 2.05) is 30.3 Å². The van der Waals surface area contributed by atoms with Gasteiger partial charge in [0.1, 0.15) is 5.56 Å². The minimum absolute atomic E-state index is 0.106. The Bertz CT molecular complexity index is 620. The lowest BCUT2D eigenvalue weighted by atomic mass is 10.2. The van der Waals surface area contributed by atoms with Crippen LogP contribution < -0.4 is 5.32 Å². The molecule has 0 aliphatic rings. The van der Waals surface area contributed by atoms with Gasteiger partial charge in [-0.2, -0.15) is 5.10 Å². The smallest absolute Gasteiger partial charge is 0.339 e. The van der Waals surface area contributed by atoms with Crippen LogP contribution in [-0.4, -0.2) is 26.8 Å². The molecule has 2 aromatic rings. The van der Waals surface area contributed by atoms with E-state index in [0.717, 1.165) is 5.56 Å². The maximum absolute atomic E-state index is 11.2. The molecule has 1 heterocycles. The fourth-order valence-electron chi connectivity index (χ4n) is 1.83. The van der Waals surface area contributed by atoms with Gasteiger partial charge in [-0.1, -0.05) is 30.3 Å². The lowest BCUT2D eigenvalue weighted by Gasteiger charge is -2.01. The van der Waals surface area contributed by atoms with Gasteiger partial charge in [0, 0.05) is 13.1 Å². The topological polar surface area (TPSA) is 84.2 Å². The van der Waals surface area contributed by atoms with E-state index in [1.165, 1.54) is 13.1 Å². The number of aromatic carboxylic acids is 1. The largest absolute Gasteiger partial charge is 0.478 e. The quantitative estimate of drug-likeness (QED) is 0.859. The number of hydrogen-bond donors (Lipinski definition) is 2. The SMILES string of the molecule is CC(=O)NCc1nn(Cc2ccccc2)cc1C(=O)O. The van der Waals surface area contributed by atoms with Gasteiger partial charge in [0.05, 0.1) is 18.8 Å². The molecule has 0 saturated carbocycles. The summed E-state index contributed by atoms with van der Waals surface area (Å²) in [4.78, 5) is 22.1. The molecule has 6 heteroatoms. The van der Waals surface area contributed by atoms with Crippen LogP contribution in [0.4, 0.5) is 0 Å². The molecule has 0 atom stereocenters. The highest BCUT2D eigenvalue weighted by molar-refractivity contribution is 5.88. The monoisotopic (exact) mass is 273 g/mol. The molecule has 6 nitrogen and oxygen atoms in total. The lowest BCUT2D eigenvalue weighted by molar-refractivity contribution is -0.119. The summed E-state index contributed by atoms with van der Waals surface area (Å²) in [5, 5.41) is 15.9. The molecule has 1 aromatic carbocycles. The Kier molecular flexibility index (Phi) is 4.14. The predicted octanol–water partition coefficient (Wildman–Crippen LogP) is 1.27. The Morgan fingerprint density at radius 3 is 2.60 bits per heavy atom. The van der Waals surface area contributed by atoms with Crippen LogP contribution in [0.3, 0.4) is 0 Å². The lowest BCUT2D eigenvalue weighted by Crippen LogP contribution is -2.20. The molecule has 0 aliphatic carbocycles. The van der Waals surface area contributed by atoms with E-state index in [1.54, 1.807) is 4.68 Å². The van der Waals surface area contributed by atoms with Crippen LogP contribution in [0.2, 0.25) is 0 Å². The van der Waals surface area contributed by atoms with Gasteiger partial charge < -0.3 is 10.4 Å². The van der Waals surface area contributed by atoms with Crippen molar-refractivity contribution in [2.24, 2.45) is 0 Å². The molecule has 0 saturated heterocycles. The number of benzene rings is 1. The maximum atomic E-state index is 11.2. The zero-order valence-corrected chi connectivity index (χ0v) is 11.0. The van der Waals surface area contributed by atoms with Crippen molar-refractivity contribution in [3.8, 4) is 0 Å². The van der Waals surface area contributed by atoms with Crippen molar-refractivity contribution in [3.63, 3.8) is 0 Å². The van der Waals surface area contributed by atoms with Crippen LogP contribution in [0.25, 0.3) is 0 Å². The number of carbonyl (C=O) groups is 2. The molecular formula is C14H15N3O3. The number of amides is 1. The number of rotatable bonds is 5. The molecule has 0 unspecified atom stereocenters. The third-order valence-electron chi connectivity index (χ3n) is 2.76. The van der Waals surface area contributed by atoms with E-state index in [9.17, 15) is 9.59 Å². The second kappa shape index (κ2) is 6.01. The van der Waals surface area contributed by atoms with Crippen molar-refractivity contribution < 1.29 is 14.7 Å². The minimum Gasteiger partial charge on any atom is -0.478 e. The van der Waals surface area contributed by atoms with Gasteiger partial charge in [0.25, 0.3) is 0 Å². The van der Waals surface area contributed by atoms with Crippen LogP contribution in [0.1, 0.15) is 28.5 Å². The summed E-state index contributed by atoms with van der Waals surface area (Å²) in [7, 11) is 0. The van der Waals surface area contributed by atoms with Crippen molar-refractivity contribution in [3.05, 3.63) is 53.3 Å². The van der Waals surface area contributed by atoms with Crippen LogP contribution >= 0.6 is 0 Å². The van der Waals surface area contributed by atoms with E-state index in [2.05, 4.69) is 10.4 Å².